The Morgan fingerprint density at radius 1 is 1.10 bits per heavy atom. The molecule has 0 bridgehead atoms. The van der Waals surface area contributed by atoms with Crippen molar-refractivity contribution < 1.29 is 4.43 Å². The normalized spacial score (nSPS) is 12.3. The van der Waals surface area contributed by atoms with Gasteiger partial charge >= 0.3 is 0 Å². The summed E-state index contributed by atoms with van der Waals surface area (Å²) >= 11 is 0. The highest BCUT2D eigenvalue weighted by Gasteiger charge is 2.36. The molecule has 3 aromatic rings. The summed E-state index contributed by atoms with van der Waals surface area (Å²) in [4.78, 5) is 13.2. The van der Waals surface area contributed by atoms with Crippen LogP contribution in [0.3, 0.4) is 0 Å². The highest BCUT2D eigenvalue weighted by Crippen LogP contribution is 2.36. The summed E-state index contributed by atoms with van der Waals surface area (Å²) in [5, 5.41) is 4.33. The van der Waals surface area contributed by atoms with Crippen LogP contribution in [0.15, 0.2) is 66.0 Å². The van der Waals surface area contributed by atoms with E-state index in [9.17, 15) is 4.79 Å². The largest absolute Gasteiger partial charge is 0.415 e. The quantitative estimate of drug-likeness (QED) is 0.274. The van der Waals surface area contributed by atoms with Crippen LogP contribution in [0.2, 0.25) is 18.1 Å². The molecule has 166 valence electrons. The van der Waals surface area contributed by atoms with Gasteiger partial charge in [-0.05, 0) is 41.9 Å². The highest BCUT2D eigenvalue weighted by molar-refractivity contribution is 6.74. The molecule has 31 heavy (non-hydrogen) atoms. The maximum atomic E-state index is 13.2. The molecule has 0 aliphatic heterocycles. The minimum Gasteiger partial charge on any atom is -0.415 e. The highest BCUT2D eigenvalue weighted by atomic mass is 28.4. The van der Waals surface area contributed by atoms with E-state index in [0.29, 0.717) is 31.6 Å². The van der Waals surface area contributed by atoms with Crippen molar-refractivity contribution in [1.29, 1.82) is 0 Å². The number of rotatable bonds is 9. The maximum Gasteiger partial charge on any atom is 0.274 e. The summed E-state index contributed by atoms with van der Waals surface area (Å²) in [5.74, 6) is 0. The standard InChI is InChI=1S/C25H35N3O2Si/c1-7-16-27-23-14-13-21(26-15-17-30-31(5,6)25(2,3)4)18-22(23)24(29)28(27)19-20-11-9-8-10-12-20/h7-14,18,26H,1,15-17,19H2,2-6H3. The lowest BCUT2D eigenvalue weighted by molar-refractivity contribution is 0.301. The third kappa shape index (κ3) is 5.19. The lowest BCUT2D eigenvalue weighted by atomic mass is 10.2. The third-order valence-corrected chi connectivity index (χ3v) is 10.7. The molecule has 0 saturated heterocycles. The van der Waals surface area contributed by atoms with Gasteiger partial charge in [-0.1, -0.05) is 57.2 Å². The molecule has 0 unspecified atom stereocenters. The van der Waals surface area contributed by atoms with Crippen LogP contribution in [0.25, 0.3) is 10.9 Å². The van der Waals surface area contributed by atoms with Crippen molar-refractivity contribution in [3.05, 3.63) is 77.1 Å². The van der Waals surface area contributed by atoms with Crippen LogP contribution in [0.4, 0.5) is 5.69 Å². The van der Waals surface area contributed by atoms with E-state index in [1.165, 1.54) is 0 Å². The van der Waals surface area contributed by atoms with Gasteiger partial charge in [-0.3, -0.25) is 9.48 Å². The van der Waals surface area contributed by atoms with Gasteiger partial charge < -0.3 is 9.74 Å². The van der Waals surface area contributed by atoms with Crippen molar-refractivity contribution in [2.24, 2.45) is 0 Å². The van der Waals surface area contributed by atoms with Gasteiger partial charge in [0.1, 0.15) is 0 Å². The van der Waals surface area contributed by atoms with Crippen LogP contribution in [-0.4, -0.2) is 30.8 Å². The smallest absolute Gasteiger partial charge is 0.274 e. The van der Waals surface area contributed by atoms with Gasteiger partial charge in [-0.15, -0.1) is 6.58 Å². The second-order valence-corrected chi connectivity index (χ2v) is 14.3. The zero-order valence-electron chi connectivity index (χ0n) is 19.4. The van der Waals surface area contributed by atoms with Gasteiger partial charge in [0.2, 0.25) is 0 Å². The van der Waals surface area contributed by atoms with E-state index in [1.54, 1.807) is 4.68 Å². The zero-order chi connectivity index (χ0) is 22.6. The second-order valence-electron chi connectivity index (χ2n) is 9.49. The van der Waals surface area contributed by atoms with Gasteiger partial charge in [-0.2, -0.15) is 0 Å². The molecule has 1 aromatic heterocycles. The van der Waals surface area contributed by atoms with Crippen molar-refractivity contribution in [2.45, 2.75) is 52.0 Å². The van der Waals surface area contributed by atoms with Crippen LogP contribution >= 0.6 is 0 Å². The Hall–Kier alpha value is -2.57. The van der Waals surface area contributed by atoms with E-state index < -0.39 is 8.32 Å². The average molecular weight is 438 g/mol. The Labute approximate surface area is 186 Å². The minimum absolute atomic E-state index is 0.0156. The van der Waals surface area contributed by atoms with Gasteiger partial charge in [-0.25, -0.2) is 4.68 Å². The summed E-state index contributed by atoms with van der Waals surface area (Å²) < 4.78 is 10.0. The first-order valence-corrected chi connectivity index (χ1v) is 13.8. The summed E-state index contributed by atoms with van der Waals surface area (Å²) in [6, 6.07) is 16.0. The third-order valence-electron chi connectivity index (χ3n) is 6.21. The monoisotopic (exact) mass is 437 g/mol. The molecule has 2 aromatic carbocycles. The summed E-state index contributed by atoms with van der Waals surface area (Å²) in [6.45, 7) is 17.6. The first-order chi connectivity index (χ1) is 14.6. The van der Waals surface area contributed by atoms with Gasteiger partial charge in [0.25, 0.3) is 5.56 Å². The first-order valence-electron chi connectivity index (χ1n) is 10.9. The number of hydrogen-bond acceptors (Lipinski definition) is 3. The summed E-state index contributed by atoms with van der Waals surface area (Å²) in [6.07, 6.45) is 1.82. The Morgan fingerprint density at radius 3 is 2.45 bits per heavy atom. The maximum absolute atomic E-state index is 13.2. The average Bonchev–Trinajstić information content (AvgIpc) is 2.97. The molecule has 0 radical (unpaired) electrons. The molecule has 6 heteroatoms. The molecule has 0 atom stereocenters. The zero-order valence-corrected chi connectivity index (χ0v) is 20.4. The van der Waals surface area contributed by atoms with E-state index >= 15 is 0 Å². The lowest BCUT2D eigenvalue weighted by Crippen LogP contribution is -2.41. The number of nitrogens with one attached hydrogen (secondary N) is 1. The van der Waals surface area contributed by atoms with E-state index in [-0.39, 0.29) is 10.6 Å². The number of benzene rings is 2. The molecule has 0 aliphatic carbocycles. The lowest BCUT2D eigenvalue weighted by Gasteiger charge is -2.36. The van der Waals surface area contributed by atoms with Gasteiger partial charge in [0.05, 0.1) is 30.6 Å². The van der Waals surface area contributed by atoms with E-state index in [0.717, 1.165) is 16.8 Å². The van der Waals surface area contributed by atoms with Crippen molar-refractivity contribution in [2.75, 3.05) is 18.5 Å². The SMILES string of the molecule is C=CCn1c2ccc(NCCO[Si](C)(C)C(C)(C)C)cc2c(=O)n1Cc1ccccc1. The molecule has 5 nitrogen and oxygen atoms in total. The summed E-state index contributed by atoms with van der Waals surface area (Å²) in [7, 11) is -1.75. The molecule has 0 spiro atoms. The van der Waals surface area contributed by atoms with Crippen LogP contribution in [0.1, 0.15) is 26.3 Å². The molecule has 0 fully saturated rings. The van der Waals surface area contributed by atoms with Crippen molar-refractivity contribution in [3.8, 4) is 0 Å². The fourth-order valence-corrected chi connectivity index (χ4v) is 4.42. The molecule has 0 saturated carbocycles. The Morgan fingerprint density at radius 2 is 1.81 bits per heavy atom. The minimum atomic E-state index is -1.75. The van der Waals surface area contributed by atoms with Crippen LogP contribution in [-0.2, 0) is 17.5 Å². The Kier molecular flexibility index (Phi) is 6.92. The molecule has 1 N–H and O–H groups in total. The fourth-order valence-electron chi connectivity index (χ4n) is 3.37. The molecular formula is C25H35N3O2Si. The number of aromatic nitrogens is 2. The fraction of sp³-hybridized carbons (Fsp3) is 0.400. The first kappa shape index (κ1) is 23.1. The molecule has 0 amide bonds. The number of nitrogens with zero attached hydrogens (tertiary/aromatic N) is 2. The molecular weight excluding hydrogens is 402 g/mol. The van der Waals surface area contributed by atoms with Gasteiger partial charge in [0.15, 0.2) is 8.32 Å². The van der Waals surface area contributed by atoms with Crippen molar-refractivity contribution in [3.63, 3.8) is 0 Å². The topological polar surface area (TPSA) is 48.2 Å². The van der Waals surface area contributed by atoms with Crippen molar-refractivity contribution >= 4 is 24.9 Å². The van der Waals surface area contributed by atoms with Crippen LogP contribution in [0, 0.1) is 0 Å². The van der Waals surface area contributed by atoms with Crippen LogP contribution in [0.5, 0.6) is 0 Å². The molecule has 3 rings (SSSR count). The number of fused-ring (bicyclic) bond motifs is 1. The van der Waals surface area contributed by atoms with E-state index in [4.69, 9.17) is 4.43 Å². The number of allylic oxidation sites excluding steroid dienone is 1. The number of hydrogen-bond donors (Lipinski definition) is 1. The predicted octanol–water partition coefficient (Wildman–Crippen LogP) is 5.47. The van der Waals surface area contributed by atoms with Crippen LogP contribution < -0.4 is 10.9 Å². The van der Waals surface area contributed by atoms with E-state index in [1.807, 2.05) is 59.3 Å². The molecule has 1 heterocycles. The number of anilines is 1. The van der Waals surface area contributed by atoms with E-state index in [2.05, 4.69) is 45.8 Å². The summed E-state index contributed by atoms with van der Waals surface area (Å²) in [5.41, 5.74) is 2.97. The predicted molar refractivity (Wildman–Crippen MR) is 134 cm³/mol. The Bertz CT molecular complexity index is 1090. The Balaban J connectivity index is 1.79. The van der Waals surface area contributed by atoms with Crippen molar-refractivity contribution in [1.82, 2.24) is 9.36 Å². The molecule has 0 aliphatic rings. The second kappa shape index (κ2) is 9.28. The van der Waals surface area contributed by atoms with Gasteiger partial charge in [0, 0.05) is 12.2 Å².